The largest absolute Gasteiger partial charge is 0.462 e. The molecule has 1 aromatic carbocycles. The number of aryl methyl sites for hydroxylation is 2. The fraction of sp³-hybridized carbons (Fsp3) is 0.312. The third-order valence-corrected chi connectivity index (χ3v) is 4.28. The number of nitrogens with two attached hydrogens (primary N) is 1. The normalized spacial score (nSPS) is 10.4. The van der Waals surface area contributed by atoms with Crippen molar-refractivity contribution in [2.75, 3.05) is 17.7 Å². The van der Waals surface area contributed by atoms with E-state index in [9.17, 15) is 4.79 Å². The fourth-order valence-electron chi connectivity index (χ4n) is 1.97. The van der Waals surface area contributed by atoms with E-state index in [1.165, 1.54) is 0 Å². The summed E-state index contributed by atoms with van der Waals surface area (Å²) in [5.41, 5.74) is 9.13. The number of esters is 1. The number of thiophene rings is 1. The number of rotatable bonds is 5. The zero-order valence-corrected chi connectivity index (χ0v) is 13.3. The first-order chi connectivity index (χ1) is 10.0. The Hall–Kier alpha value is -2.01. The van der Waals surface area contributed by atoms with Crippen molar-refractivity contribution in [1.82, 2.24) is 0 Å². The minimum Gasteiger partial charge on any atom is -0.462 e. The number of nitrogens with one attached hydrogen (secondary N) is 1. The molecule has 2 rings (SSSR count). The predicted octanol–water partition coefficient (Wildman–Crippen LogP) is 4.12. The lowest BCUT2D eigenvalue weighted by molar-refractivity contribution is 0.0528. The average Bonchev–Trinajstić information content (AvgIpc) is 2.86. The summed E-state index contributed by atoms with van der Waals surface area (Å²) in [6.07, 6.45) is 0.877. The van der Waals surface area contributed by atoms with E-state index in [-0.39, 0.29) is 5.97 Å². The SMILES string of the molecule is CCOC(=O)c1cc(CC)sc1Nc1cc(C)ccc1N. The fourth-order valence-corrected chi connectivity index (χ4v) is 2.97. The summed E-state index contributed by atoms with van der Waals surface area (Å²) < 4.78 is 5.11. The number of hydrogen-bond acceptors (Lipinski definition) is 5. The quantitative estimate of drug-likeness (QED) is 0.644. The lowest BCUT2D eigenvalue weighted by Crippen LogP contribution is -2.06. The molecule has 1 aromatic heterocycles. The van der Waals surface area contributed by atoms with Gasteiger partial charge in [-0.15, -0.1) is 11.3 Å². The number of carbonyl (C=O) groups is 1. The Kier molecular flexibility index (Phi) is 4.85. The van der Waals surface area contributed by atoms with E-state index in [4.69, 9.17) is 10.5 Å². The lowest BCUT2D eigenvalue weighted by Gasteiger charge is -2.10. The van der Waals surface area contributed by atoms with E-state index < -0.39 is 0 Å². The third kappa shape index (κ3) is 3.55. The van der Waals surface area contributed by atoms with Gasteiger partial charge in [-0.05, 0) is 44.0 Å². The maximum absolute atomic E-state index is 12.1. The lowest BCUT2D eigenvalue weighted by atomic mass is 10.2. The van der Waals surface area contributed by atoms with Crippen molar-refractivity contribution in [1.29, 1.82) is 0 Å². The maximum atomic E-state index is 12.1. The molecule has 0 amide bonds. The summed E-state index contributed by atoms with van der Waals surface area (Å²) in [5.74, 6) is -0.304. The summed E-state index contributed by atoms with van der Waals surface area (Å²) in [7, 11) is 0. The summed E-state index contributed by atoms with van der Waals surface area (Å²) in [4.78, 5) is 13.2. The van der Waals surface area contributed by atoms with Crippen LogP contribution in [-0.2, 0) is 11.2 Å². The van der Waals surface area contributed by atoms with Crippen LogP contribution in [0.1, 0.15) is 34.6 Å². The predicted molar refractivity (Wildman–Crippen MR) is 88.5 cm³/mol. The highest BCUT2D eigenvalue weighted by atomic mass is 32.1. The number of benzene rings is 1. The van der Waals surface area contributed by atoms with E-state index in [1.807, 2.05) is 31.2 Å². The molecule has 0 spiro atoms. The first kappa shape index (κ1) is 15.4. The molecule has 0 bridgehead atoms. The van der Waals surface area contributed by atoms with Gasteiger partial charge in [0.1, 0.15) is 5.00 Å². The second kappa shape index (κ2) is 6.63. The molecular weight excluding hydrogens is 284 g/mol. The first-order valence-electron chi connectivity index (χ1n) is 6.98. The minimum absolute atomic E-state index is 0.304. The first-order valence-corrected chi connectivity index (χ1v) is 7.79. The minimum atomic E-state index is -0.304. The van der Waals surface area contributed by atoms with Gasteiger partial charge in [-0.3, -0.25) is 0 Å². The molecule has 0 atom stereocenters. The van der Waals surface area contributed by atoms with Gasteiger partial charge in [0.15, 0.2) is 0 Å². The highest BCUT2D eigenvalue weighted by Crippen LogP contribution is 2.34. The van der Waals surface area contributed by atoms with Crippen molar-refractivity contribution in [2.45, 2.75) is 27.2 Å². The van der Waals surface area contributed by atoms with Crippen LogP contribution in [0.4, 0.5) is 16.4 Å². The molecule has 0 saturated heterocycles. The average molecular weight is 304 g/mol. The van der Waals surface area contributed by atoms with Crippen LogP contribution in [0.25, 0.3) is 0 Å². The molecule has 2 aromatic rings. The van der Waals surface area contributed by atoms with Gasteiger partial charge in [0.05, 0.1) is 23.5 Å². The Balaban J connectivity index is 2.36. The van der Waals surface area contributed by atoms with Crippen LogP contribution < -0.4 is 11.1 Å². The summed E-state index contributed by atoms with van der Waals surface area (Å²) in [6.45, 7) is 6.23. The standard InChI is InChI=1S/C16H20N2O2S/c1-4-11-9-12(16(19)20-5-2)15(21-11)18-14-8-10(3)6-7-13(14)17/h6-9,18H,4-5,17H2,1-3H3. The Morgan fingerprint density at radius 2 is 2.10 bits per heavy atom. The van der Waals surface area contributed by atoms with Crippen LogP contribution in [0.2, 0.25) is 0 Å². The number of carbonyl (C=O) groups excluding carboxylic acids is 1. The molecule has 1 heterocycles. The van der Waals surface area contributed by atoms with Crippen molar-refractivity contribution < 1.29 is 9.53 Å². The molecule has 0 aliphatic heterocycles. The Morgan fingerprint density at radius 3 is 2.76 bits per heavy atom. The molecular formula is C16H20N2O2S. The smallest absolute Gasteiger partial charge is 0.341 e. The summed E-state index contributed by atoms with van der Waals surface area (Å²) in [5, 5.41) is 4.05. The van der Waals surface area contributed by atoms with Gasteiger partial charge in [-0.2, -0.15) is 0 Å². The highest BCUT2D eigenvalue weighted by molar-refractivity contribution is 7.16. The van der Waals surface area contributed by atoms with Gasteiger partial charge in [-0.25, -0.2) is 4.79 Å². The Morgan fingerprint density at radius 1 is 1.33 bits per heavy atom. The second-order valence-electron chi connectivity index (χ2n) is 4.75. The van der Waals surface area contributed by atoms with E-state index in [2.05, 4.69) is 12.2 Å². The number of hydrogen-bond donors (Lipinski definition) is 2. The zero-order valence-electron chi connectivity index (χ0n) is 12.5. The molecule has 0 unspecified atom stereocenters. The zero-order chi connectivity index (χ0) is 15.4. The highest BCUT2D eigenvalue weighted by Gasteiger charge is 2.17. The van der Waals surface area contributed by atoms with Crippen LogP contribution in [0.3, 0.4) is 0 Å². The van der Waals surface area contributed by atoms with Crippen LogP contribution in [-0.4, -0.2) is 12.6 Å². The van der Waals surface area contributed by atoms with Gasteiger partial charge < -0.3 is 15.8 Å². The molecule has 0 aliphatic carbocycles. The molecule has 21 heavy (non-hydrogen) atoms. The van der Waals surface area contributed by atoms with Crippen molar-refractivity contribution in [3.8, 4) is 0 Å². The summed E-state index contributed by atoms with van der Waals surface area (Å²) in [6, 6.07) is 7.67. The molecule has 5 heteroatoms. The van der Waals surface area contributed by atoms with Gasteiger partial charge >= 0.3 is 5.97 Å². The van der Waals surface area contributed by atoms with Crippen molar-refractivity contribution >= 4 is 33.7 Å². The molecule has 0 saturated carbocycles. The topological polar surface area (TPSA) is 64.3 Å². The number of ether oxygens (including phenoxy) is 1. The van der Waals surface area contributed by atoms with Crippen LogP contribution in [0.15, 0.2) is 24.3 Å². The van der Waals surface area contributed by atoms with Crippen LogP contribution >= 0.6 is 11.3 Å². The van der Waals surface area contributed by atoms with E-state index in [0.29, 0.717) is 17.9 Å². The second-order valence-corrected chi connectivity index (χ2v) is 5.88. The van der Waals surface area contributed by atoms with Crippen LogP contribution in [0, 0.1) is 6.92 Å². The monoisotopic (exact) mass is 304 g/mol. The van der Waals surface area contributed by atoms with Gasteiger partial charge in [0.2, 0.25) is 0 Å². The Bertz CT molecular complexity index is 650. The molecule has 112 valence electrons. The van der Waals surface area contributed by atoms with Gasteiger partial charge in [-0.1, -0.05) is 13.0 Å². The van der Waals surface area contributed by atoms with E-state index >= 15 is 0 Å². The molecule has 4 nitrogen and oxygen atoms in total. The molecule has 0 radical (unpaired) electrons. The van der Waals surface area contributed by atoms with Crippen LogP contribution in [0.5, 0.6) is 0 Å². The summed E-state index contributed by atoms with van der Waals surface area (Å²) >= 11 is 1.56. The molecule has 0 fully saturated rings. The Labute approximate surface area is 128 Å². The molecule has 0 aliphatic rings. The number of nitrogen functional groups attached to an aromatic ring is 1. The van der Waals surface area contributed by atoms with Gasteiger partial charge in [0, 0.05) is 4.88 Å². The van der Waals surface area contributed by atoms with Crippen molar-refractivity contribution in [3.05, 3.63) is 40.3 Å². The van der Waals surface area contributed by atoms with E-state index in [0.717, 1.165) is 27.5 Å². The third-order valence-electron chi connectivity index (χ3n) is 3.08. The number of anilines is 3. The van der Waals surface area contributed by atoms with Gasteiger partial charge in [0.25, 0.3) is 0 Å². The van der Waals surface area contributed by atoms with E-state index in [1.54, 1.807) is 18.3 Å². The van der Waals surface area contributed by atoms with Crippen molar-refractivity contribution in [2.24, 2.45) is 0 Å². The maximum Gasteiger partial charge on any atom is 0.341 e. The molecule has 3 N–H and O–H groups in total. The van der Waals surface area contributed by atoms with Crippen molar-refractivity contribution in [3.63, 3.8) is 0 Å².